The Kier molecular flexibility index (Phi) is 3.15. The number of nitrogens with one attached hydrogen (secondary N) is 1. The van der Waals surface area contributed by atoms with Crippen LogP contribution in [0.2, 0.25) is 0 Å². The van der Waals surface area contributed by atoms with Gasteiger partial charge in [-0.1, -0.05) is 12.1 Å². The van der Waals surface area contributed by atoms with Crippen molar-refractivity contribution < 1.29 is 9.90 Å². The molecule has 0 aliphatic heterocycles. The summed E-state index contributed by atoms with van der Waals surface area (Å²) < 4.78 is 2.05. The van der Waals surface area contributed by atoms with E-state index in [4.69, 9.17) is 0 Å². The third-order valence-corrected chi connectivity index (χ3v) is 2.91. The Morgan fingerprint density at radius 1 is 1.47 bits per heavy atom. The van der Waals surface area contributed by atoms with Crippen molar-refractivity contribution in [2.45, 2.75) is 20.0 Å². The molecule has 2 rings (SSSR count). The van der Waals surface area contributed by atoms with Gasteiger partial charge in [-0.05, 0) is 26.1 Å². The van der Waals surface area contributed by atoms with E-state index in [-0.39, 0.29) is 0 Å². The van der Waals surface area contributed by atoms with Crippen LogP contribution in [0.3, 0.4) is 0 Å². The van der Waals surface area contributed by atoms with E-state index in [1.165, 1.54) is 0 Å². The summed E-state index contributed by atoms with van der Waals surface area (Å²) in [4.78, 5) is 11.2. The minimum Gasteiger partial charge on any atom is -0.478 e. The lowest BCUT2D eigenvalue weighted by molar-refractivity contribution is 0.0698. The van der Waals surface area contributed by atoms with Crippen LogP contribution in [0, 0.1) is 0 Å². The first-order chi connectivity index (χ1) is 8.19. The fourth-order valence-corrected chi connectivity index (χ4v) is 2.24. The van der Waals surface area contributed by atoms with Crippen LogP contribution in [-0.2, 0) is 13.1 Å². The van der Waals surface area contributed by atoms with E-state index in [0.29, 0.717) is 5.56 Å². The van der Waals surface area contributed by atoms with Gasteiger partial charge in [-0.15, -0.1) is 0 Å². The maximum absolute atomic E-state index is 11.2. The highest BCUT2D eigenvalue weighted by Crippen LogP contribution is 2.23. The first-order valence-corrected chi connectivity index (χ1v) is 5.68. The van der Waals surface area contributed by atoms with Gasteiger partial charge >= 0.3 is 5.97 Å². The molecule has 0 atom stereocenters. The van der Waals surface area contributed by atoms with Gasteiger partial charge in [0.15, 0.2) is 0 Å². The highest BCUT2D eigenvalue weighted by molar-refractivity contribution is 6.02. The number of hydrogen-bond donors (Lipinski definition) is 2. The van der Waals surface area contributed by atoms with Crippen molar-refractivity contribution in [3.8, 4) is 0 Å². The number of carboxylic acid groups (broad SMARTS) is 1. The van der Waals surface area contributed by atoms with Crippen LogP contribution in [0.4, 0.5) is 0 Å². The Labute approximate surface area is 99.9 Å². The number of aromatic nitrogens is 1. The summed E-state index contributed by atoms with van der Waals surface area (Å²) >= 11 is 0. The SMILES string of the molecule is CCn1c(CNC)cc2cccc(C(=O)O)c21. The molecule has 0 radical (unpaired) electrons. The van der Waals surface area contributed by atoms with Crippen molar-refractivity contribution in [3.05, 3.63) is 35.5 Å². The zero-order chi connectivity index (χ0) is 12.4. The number of aryl methyl sites for hydroxylation is 1. The Balaban J connectivity index is 2.74. The summed E-state index contributed by atoms with van der Waals surface area (Å²) in [5, 5.41) is 13.3. The van der Waals surface area contributed by atoms with Crippen LogP contribution in [0.5, 0.6) is 0 Å². The van der Waals surface area contributed by atoms with E-state index in [1.807, 2.05) is 26.1 Å². The highest BCUT2D eigenvalue weighted by atomic mass is 16.4. The van der Waals surface area contributed by atoms with E-state index in [9.17, 15) is 9.90 Å². The molecule has 0 bridgehead atoms. The molecular formula is C13H16N2O2. The van der Waals surface area contributed by atoms with E-state index in [2.05, 4.69) is 9.88 Å². The van der Waals surface area contributed by atoms with Gasteiger partial charge in [-0.2, -0.15) is 0 Å². The molecule has 1 aromatic heterocycles. The lowest BCUT2D eigenvalue weighted by atomic mass is 10.1. The molecule has 90 valence electrons. The van der Waals surface area contributed by atoms with Gasteiger partial charge in [0, 0.05) is 24.2 Å². The monoisotopic (exact) mass is 232 g/mol. The number of nitrogens with zero attached hydrogens (tertiary/aromatic N) is 1. The Morgan fingerprint density at radius 3 is 2.82 bits per heavy atom. The van der Waals surface area contributed by atoms with Gasteiger partial charge in [-0.3, -0.25) is 0 Å². The van der Waals surface area contributed by atoms with Crippen LogP contribution < -0.4 is 5.32 Å². The van der Waals surface area contributed by atoms with Crippen molar-refractivity contribution in [3.63, 3.8) is 0 Å². The molecular weight excluding hydrogens is 216 g/mol. The van der Waals surface area contributed by atoms with Crippen molar-refractivity contribution in [1.82, 2.24) is 9.88 Å². The van der Waals surface area contributed by atoms with Crippen molar-refractivity contribution in [2.75, 3.05) is 7.05 Å². The van der Waals surface area contributed by atoms with Gasteiger partial charge < -0.3 is 15.0 Å². The number of rotatable bonds is 4. The average Bonchev–Trinajstić information content (AvgIpc) is 2.66. The number of benzene rings is 1. The Hall–Kier alpha value is -1.81. The minimum atomic E-state index is -0.876. The normalized spacial score (nSPS) is 10.9. The van der Waals surface area contributed by atoms with Crippen LogP contribution in [0.15, 0.2) is 24.3 Å². The maximum Gasteiger partial charge on any atom is 0.337 e. The second-order valence-electron chi connectivity index (χ2n) is 3.96. The van der Waals surface area contributed by atoms with Crippen molar-refractivity contribution in [2.24, 2.45) is 0 Å². The first kappa shape index (κ1) is 11.7. The van der Waals surface area contributed by atoms with Gasteiger partial charge in [-0.25, -0.2) is 4.79 Å². The predicted octanol–water partition coefficient (Wildman–Crippen LogP) is 2.08. The Bertz CT molecular complexity index is 558. The summed E-state index contributed by atoms with van der Waals surface area (Å²) in [5.74, 6) is -0.876. The summed E-state index contributed by atoms with van der Waals surface area (Å²) in [5.41, 5.74) is 2.29. The third kappa shape index (κ3) is 1.91. The highest BCUT2D eigenvalue weighted by Gasteiger charge is 2.14. The molecule has 0 aliphatic carbocycles. The fourth-order valence-electron chi connectivity index (χ4n) is 2.24. The van der Waals surface area contributed by atoms with Crippen molar-refractivity contribution >= 4 is 16.9 Å². The van der Waals surface area contributed by atoms with Gasteiger partial charge in [0.05, 0.1) is 11.1 Å². The molecule has 17 heavy (non-hydrogen) atoms. The molecule has 1 heterocycles. The minimum absolute atomic E-state index is 0.367. The lowest BCUT2D eigenvalue weighted by Gasteiger charge is -2.08. The first-order valence-electron chi connectivity index (χ1n) is 5.68. The molecule has 2 N–H and O–H groups in total. The topological polar surface area (TPSA) is 54.3 Å². The molecule has 4 nitrogen and oxygen atoms in total. The van der Waals surface area contributed by atoms with Gasteiger partial charge in [0.25, 0.3) is 0 Å². The quantitative estimate of drug-likeness (QED) is 0.848. The molecule has 0 unspecified atom stereocenters. The molecule has 2 aromatic rings. The standard InChI is InChI=1S/C13H16N2O2/c1-3-15-10(8-14-2)7-9-5-4-6-11(12(9)15)13(16)17/h4-7,14H,3,8H2,1-2H3,(H,16,17). The molecule has 4 heteroatoms. The predicted molar refractivity (Wildman–Crippen MR) is 67.3 cm³/mol. The zero-order valence-electron chi connectivity index (χ0n) is 10.0. The van der Waals surface area contributed by atoms with E-state index >= 15 is 0 Å². The zero-order valence-corrected chi connectivity index (χ0v) is 10.0. The smallest absolute Gasteiger partial charge is 0.337 e. The fraction of sp³-hybridized carbons (Fsp3) is 0.308. The average molecular weight is 232 g/mol. The van der Waals surface area contributed by atoms with Crippen LogP contribution in [0.1, 0.15) is 23.0 Å². The second-order valence-corrected chi connectivity index (χ2v) is 3.96. The molecule has 0 saturated carbocycles. The number of hydrogen-bond acceptors (Lipinski definition) is 2. The second kappa shape index (κ2) is 4.59. The molecule has 0 amide bonds. The van der Waals surface area contributed by atoms with Gasteiger partial charge in [0.1, 0.15) is 0 Å². The van der Waals surface area contributed by atoms with Crippen LogP contribution in [-0.4, -0.2) is 22.7 Å². The lowest BCUT2D eigenvalue weighted by Crippen LogP contribution is -2.11. The van der Waals surface area contributed by atoms with E-state index in [1.54, 1.807) is 12.1 Å². The summed E-state index contributed by atoms with van der Waals surface area (Å²) in [6.07, 6.45) is 0. The Morgan fingerprint density at radius 2 is 2.24 bits per heavy atom. The molecule has 1 aromatic carbocycles. The molecule has 0 spiro atoms. The number of carbonyl (C=O) groups is 1. The molecule has 0 fully saturated rings. The molecule has 0 saturated heterocycles. The number of para-hydroxylation sites is 1. The molecule has 0 aliphatic rings. The summed E-state index contributed by atoms with van der Waals surface area (Å²) in [7, 11) is 1.88. The summed E-state index contributed by atoms with van der Waals surface area (Å²) in [6, 6.07) is 7.43. The van der Waals surface area contributed by atoms with E-state index in [0.717, 1.165) is 29.7 Å². The maximum atomic E-state index is 11.2. The largest absolute Gasteiger partial charge is 0.478 e. The van der Waals surface area contributed by atoms with Crippen LogP contribution in [0.25, 0.3) is 10.9 Å². The number of aromatic carboxylic acids is 1. The van der Waals surface area contributed by atoms with Gasteiger partial charge in [0.2, 0.25) is 0 Å². The van der Waals surface area contributed by atoms with Crippen LogP contribution >= 0.6 is 0 Å². The number of carboxylic acids is 1. The van der Waals surface area contributed by atoms with Crippen molar-refractivity contribution in [1.29, 1.82) is 0 Å². The third-order valence-electron chi connectivity index (χ3n) is 2.91. The van der Waals surface area contributed by atoms with E-state index < -0.39 is 5.97 Å². The summed E-state index contributed by atoms with van der Waals surface area (Å²) in [6.45, 7) is 3.53. The number of fused-ring (bicyclic) bond motifs is 1.